The van der Waals surface area contributed by atoms with E-state index >= 15 is 0 Å². The first kappa shape index (κ1) is 15.5. The topological polar surface area (TPSA) is 34.1 Å². The molecule has 0 aliphatic carbocycles. The first-order valence-corrected chi connectivity index (χ1v) is 7.39. The molecule has 0 saturated carbocycles. The molecule has 0 fully saturated rings. The fourth-order valence-corrected chi connectivity index (χ4v) is 2.19. The third-order valence-electron chi connectivity index (χ3n) is 3.55. The van der Waals surface area contributed by atoms with Gasteiger partial charge in [-0.05, 0) is 49.6 Å². The van der Waals surface area contributed by atoms with Gasteiger partial charge in [0, 0.05) is 24.3 Å². The SMILES string of the molecule is Cc1cc(C)c(C)c(Oc2cnccc2CNC(C)C)c1. The smallest absolute Gasteiger partial charge is 0.150 e. The summed E-state index contributed by atoms with van der Waals surface area (Å²) in [6.07, 6.45) is 3.59. The van der Waals surface area contributed by atoms with Crippen molar-refractivity contribution in [2.45, 2.75) is 47.2 Å². The molecule has 0 atom stereocenters. The van der Waals surface area contributed by atoms with Crippen molar-refractivity contribution in [1.82, 2.24) is 10.3 Å². The van der Waals surface area contributed by atoms with Crippen molar-refractivity contribution < 1.29 is 4.74 Å². The highest BCUT2D eigenvalue weighted by Gasteiger charge is 2.09. The summed E-state index contributed by atoms with van der Waals surface area (Å²) in [6.45, 7) is 11.3. The molecule has 1 aromatic heterocycles. The van der Waals surface area contributed by atoms with E-state index in [1.165, 1.54) is 16.7 Å². The van der Waals surface area contributed by atoms with Crippen LogP contribution in [-0.2, 0) is 6.54 Å². The third-order valence-corrected chi connectivity index (χ3v) is 3.55. The first-order chi connectivity index (χ1) is 9.97. The molecule has 1 aromatic carbocycles. The lowest BCUT2D eigenvalue weighted by atomic mass is 10.1. The fourth-order valence-electron chi connectivity index (χ4n) is 2.19. The van der Waals surface area contributed by atoms with Gasteiger partial charge in [0.15, 0.2) is 0 Å². The third kappa shape index (κ3) is 4.05. The van der Waals surface area contributed by atoms with E-state index in [2.05, 4.69) is 57.1 Å². The van der Waals surface area contributed by atoms with E-state index in [0.717, 1.165) is 23.6 Å². The normalized spacial score (nSPS) is 11.0. The zero-order valence-corrected chi connectivity index (χ0v) is 13.5. The summed E-state index contributed by atoms with van der Waals surface area (Å²) in [4.78, 5) is 4.19. The zero-order valence-electron chi connectivity index (χ0n) is 13.5. The van der Waals surface area contributed by atoms with Gasteiger partial charge in [0.1, 0.15) is 11.5 Å². The number of rotatable bonds is 5. The van der Waals surface area contributed by atoms with Gasteiger partial charge in [-0.2, -0.15) is 0 Å². The molecule has 21 heavy (non-hydrogen) atoms. The van der Waals surface area contributed by atoms with Gasteiger partial charge in [0.2, 0.25) is 0 Å². The molecule has 3 heteroatoms. The first-order valence-electron chi connectivity index (χ1n) is 7.39. The Balaban J connectivity index is 2.27. The molecule has 0 amide bonds. The number of nitrogens with one attached hydrogen (secondary N) is 1. The molecule has 112 valence electrons. The van der Waals surface area contributed by atoms with E-state index in [4.69, 9.17) is 4.74 Å². The quantitative estimate of drug-likeness (QED) is 0.889. The highest BCUT2D eigenvalue weighted by molar-refractivity contribution is 5.45. The molecule has 0 aliphatic heterocycles. The van der Waals surface area contributed by atoms with Crippen molar-refractivity contribution in [1.29, 1.82) is 0 Å². The minimum Gasteiger partial charge on any atom is -0.455 e. The molecule has 0 spiro atoms. The summed E-state index contributed by atoms with van der Waals surface area (Å²) < 4.78 is 6.13. The van der Waals surface area contributed by atoms with Gasteiger partial charge in [-0.1, -0.05) is 19.9 Å². The van der Waals surface area contributed by atoms with Crippen LogP contribution in [0, 0.1) is 20.8 Å². The van der Waals surface area contributed by atoms with Gasteiger partial charge in [0.05, 0.1) is 6.20 Å². The van der Waals surface area contributed by atoms with Crippen LogP contribution in [0.2, 0.25) is 0 Å². The Bertz CT molecular complexity index is 621. The summed E-state index contributed by atoms with van der Waals surface area (Å²) in [6, 6.07) is 6.69. The summed E-state index contributed by atoms with van der Waals surface area (Å²) in [7, 11) is 0. The van der Waals surface area contributed by atoms with Crippen LogP contribution in [0.1, 0.15) is 36.1 Å². The van der Waals surface area contributed by atoms with Crippen LogP contribution in [0.5, 0.6) is 11.5 Å². The van der Waals surface area contributed by atoms with Crippen molar-refractivity contribution in [2.24, 2.45) is 0 Å². The van der Waals surface area contributed by atoms with E-state index in [1.807, 2.05) is 6.07 Å². The van der Waals surface area contributed by atoms with Gasteiger partial charge in [-0.25, -0.2) is 0 Å². The van der Waals surface area contributed by atoms with E-state index in [9.17, 15) is 0 Å². The number of nitrogens with zero attached hydrogens (tertiary/aromatic N) is 1. The van der Waals surface area contributed by atoms with Gasteiger partial charge >= 0.3 is 0 Å². The van der Waals surface area contributed by atoms with Gasteiger partial charge in [0.25, 0.3) is 0 Å². The highest BCUT2D eigenvalue weighted by atomic mass is 16.5. The molecule has 3 nitrogen and oxygen atoms in total. The number of ether oxygens (including phenoxy) is 1. The molecule has 1 heterocycles. The van der Waals surface area contributed by atoms with Crippen LogP contribution in [0.4, 0.5) is 0 Å². The van der Waals surface area contributed by atoms with E-state index in [-0.39, 0.29) is 0 Å². The van der Waals surface area contributed by atoms with Crippen LogP contribution < -0.4 is 10.1 Å². The van der Waals surface area contributed by atoms with Gasteiger partial charge in [-0.15, -0.1) is 0 Å². The summed E-state index contributed by atoms with van der Waals surface area (Å²) in [5, 5.41) is 3.42. The molecule has 2 aromatic rings. The van der Waals surface area contributed by atoms with Gasteiger partial charge in [-0.3, -0.25) is 4.98 Å². The van der Waals surface area contributed by atoms with Crippen molar-refractivity contribution >= 4 is 0 Å². The molecule has 0 aliphatic rings. The van der Waals surface area contributed by atoms with Crippen molar-refractivity contribution in [3.8, 4) is 11.5 Å². The lowest BCUT2D eigenvalue weighted by molar-refractivity contribution is 0.463. The van der Waals surface area contributed by atoms with Crippen LogP contribution in [-0.4, -0.2) is 11.0 Å². The predicted molar refractivity (Wildman–Crippen MR) is 86.9 cm³/mol. The lowest BCUT2D eigenvalue weighted by Gasteiger charge is -2.15. The average Bonchev–Trinajstić information content (AvgIpc) is 2.43. The van der Waals surface area contributed by atoms with Crippen LogP contribution in [0.3, 0.4) is 0 Å². The van der Waals surface area contributed by atoms with Crippen LogP contribution >= 0.6 is 0 Å². The molecule has 2 rings (SSSR count). The standard InChI is InChI=1S/C18H24N2O/c1-12(2)20-10-16-6-7-19-11-18(16)21-17-9-13(3)8-14(4)15(17)5/h6-9,11-12,20H,10H2,1-5H3. The maximum atomic E-state index is 6.13. The minimum atomic E-state index is 0.439. The second-order valence-electron chi connectivity index (χ2n) is 5.83. The minimum absolute atomic E-state index is 0.439. The van der Waals surface area contributed by atoms with Crippen molar-refractivity contribution in [3.63, 3.8) is 0 Å². The Kier molecular flexibility index (Phi) is 4.97. The van der Waals surface area contributed by atoms with E-state index in [1.54, 1.807) is 12.4 Å². The fraction of sp³-hybridized carbons (Fsp3) is 0.389. The Morgan fingerprint density at radius 2 is 1.90 bits per heavy atom. The summed E-state index contributed by atoms with van der Waals surface area (Å²) in [5.74, 6) is 1.73. The van der Waals surface area contributed by atoms with Crippen LogP contribution in [0.15, 0.2) is 30.6 Å². The average molecular weight is 284 g/mol. The maximum absolute atomic E-state index is 6.13. The summed E-state index contributed by atoms with van der Waals surface area (Å²) >= 11 is 0. The van der Waals surface area contributed by atoms with E-state index < -0.39 is 0 Å². The second kappa shape index (κ2) is 6.72. The summed E-state index contributed by atoms with van der Waals surface area (Å²) in [5.41, 5.74) is 4.75. The number of aromatic nitrogens is 1. The number of hydrogen-bond donors (Lipinski definition) is 1. The molecule has 0 radical (unpaired) electrons. The monoisotopic (exact) mass is 284 g/mol. The molecular formula is C18H24N2O. The van der Waals surface area contributed by atoms with Crippen molar-refractivity contribution in [2.75, 3.05) is 0 Å². The molecule has 0 saturated heterocycles. The Labute approximate surface area is 127 Å². The zero-order chi connectivity index (χ0) is 15.4. The van der Waals surface area contributed by atoms with E-state index in [0.29, 0.717) is 6.04 Å². The Hall–Kier alpha value is -1.87. The number of aryl methyl sites for hydroxylation is 2. The maximum Gasteiger partial charge on any atom is 0.150 e. The number of hydrogen-bond acceptors (Lipinski definition) is 3. The van der Waals surface area contributed by atoms with Crippen LogP contribution in [0.25, 0.3) is 0 Å². The molecular weight excluding hydrogens is 260 g/mol. The highest BCUT2D eigenvalue weighted by Crippen LogP contribution is 2.30. The molecule has 0 bridgehead atoms. The second-order valence-corrected chi connectivity index (χ2v) is 5.83. The Morgan fingerprint density at radius 3 is 2.62 bits per heavy atom. The molecule has 0 unspecified atom stereocenters. The lowest BCUT2D eigenvalue weighted by Crippen LogP contribution is -2.22. The Morgan fingerprint density at radius 1 is 1.14 bits per heavy atom. The predicted octanol–water partition coefficient (Wildman–Crippen LogP) is 4.30. The van der Waals surface area contributed by atoms with Gasteiger partial charge < -0.3 is 10.1 Å². The largest absolute Gasteiger partial charge is 0.455 e. The van der Waals surface area contributed by atoms with Crippen molar-refractivity contribution in [3.05, 3.63) is 52.8 Å². The molecule has 1 N–H and O–H groups in total. The number of benzene rings is 1. The number of pyridine rings is 1.